The summed E-state index contributed by atoms with van der Waals surface area (Å²) in [5.74, 6) is 1.32. The van der Waals surface area contributed by atoms with Gasteiger partial charge in [0.05, 0.1) is 6.54 Å². The molecular weight excluding hydrogens is 416 g/mol. The molecule has 3 heterocycles. The first kappa shape index (κ1) is 21.6. The SMILES string of the molecule is CCC1(c2ccc(C(=O)N3CCN(c4ncc(C5CC5)cc4C)CC3)cc2)C(=O)CNC1=O. The molecule has 172 valence electrons. The summed E-state index contributed by atoms with van der Waals surface area (Å²) in [4.78, 5) is 46.8. The van der Waals surface area contributed by atoms with Gasteiger partial charge in [-0.1, -0.05) is 25.1 Å². The third-order valence-corrected chi connectivity index (χ3v) is 7.42. The van der Waals surface area contributed by atoms with Gasteiger partial charge in [-0.25, -0.2) is 4.98 Å². The molecule has 7 heteroatoms. The first-order valence-corrected chi connectivity index (χ1v) is 11.9. The number of nitrogens with zero attached hydrogens (tertiary/aromatic N) is 3. The van der Waals surface area contributed by atoms with Crippen LogP contribution in [0.2, 0.25) is 0 Å². The van der Waals surface area contributed by atoms with Crippen LogP contribution in [0.4, 0.5) is 5.82 Å². The Hall–Kier alpha value is -3.22. The van der Waals surface area contributed by atoms with Crippen molar-refractivity contribution in [1.29, 1.82) is 0 Å². The average Bonchev–Trinajstić information content (AvgIpc) is 3.65. The third-order valence-electron chi connectivity index (χ3n) is 7.42. The maximum atomic E-state index is 13.1. The quantitative estimate of drug-likeness (QED) is 0.714. The smallest absolute Gasteiger partial charge is 0.253 e. The summed E-state index contributed by atoms with van der Waals surface area (Å²) in [7, 11) is 0. The average molecular weight is 447 g/mol. The summed E-state index contributed by atoms with van der Waals surface area (Å²) in [6.45, 7) is 6.78. The van der Waals surface area contributed by atoms with Gasteiger partial charge in [-0.05, 0) is 60.9 Å². The van der Waals surface area contributed by atoms with E-state index in [1.54, 1.807) is 24.3 Å². The molecule has 1 N–H and O–H groups in total. The van der Waals surface area contributed by atoms with Gasteiger partial charge in [-0.2, -0.15) is 0 Å². The topological polar surface area (TPSA) is 82.6 Å². The second-order valence-electron chi connectivity index (χ2n) is 9.40. The first-order chi connectivity index (χ1) is 15.9. The molecule has 5 rings (SSSR count). The second kappa shape index (κ2) is 8.28. The zero-order valence-corrected chi connectivity index (χ0v) is 19.3. The number of piperazine rings is 1. The van der Waals surface area contributed by atoms with Gasteiger partial charge in [0.25, 0.3) is 5.91 Å². The van der Waals surface area contributed by atoms with Crippen molar-refractivity contribution >= 4 is 23.4 Å². The number of aryl methyl sites for hydroxylation is 1. The van der Waals surface area contributed by atoms with Crippen LogP contribution in [0.1, 0.15) is 59.2 Å². The van der Waals surface area contributed by atoms with Crippen molar-refractivity contribution in [2.45, 2.75) is 44.4 Å². The van der Waals surface area contributed by atoms with Gasteiger partial charge >= 0.3 is 0 Å². The molecule has 0 radical (unpaired) electrons. The molecule has 0 spiro atoms. The Balaban J connectivity index is 1.25. The van der Waals surface area contributed by atoms with Crippen LogP contribution in [0, 0.1) is 6.92 Å². The van der Waals surface area contributed by atoms with Gasteiger partial charge < -0.3 is 15.1 Å². The van der Waals surface area contributed by atoms with Crippen molar-refractivity contribution in [3.63, 3.8) is 0 Å². The number of nitrogens with one attached hydrogen (secondary N) is 1. The van der Waals surface area contributed by atoms with Crippen LogP contribution >= 0.6 is 0 Å². The number of pyridine rings is 1. The van der Waals surface area contributed by atoms with E-state index in [-0.39, 0.29) is 24.1 Å². The van der Waals surface area contributed by atoms with Crippen molar-refractivity contribution in [3.05, 3.63) is 58.8 Å². The van der Waals surface area contributed by atoms with Gasteiger partial charge in [0.1, 0.15) is 11.2 Å². The highest BCUT2D eigenvalue weighted by Crippen LogP contribution is 2.40. The molecule has 1 aromatic carbocycles. The molecule has 1 unspecified atom stereocenters. The predicted molar refractivity (Wildman–Crippen MR) is 125 cm³/mol. The molecule has 7 nitrogen and oxygen atoms in total. The molecule has 2 saturated heterocycles. The molecule has 2 amide bonds. The summed E-state index contributed by atoms with van der Waals surface area (Å²) >= 11 is 0. The van der Waals surface area contributed by atoms with E-state index in [1.807, 2.05) is 18.0 Å². The number of benzene rings is 1. The van der Waals surface area contributed by atoms with Gasteiger partial charge in [0.2, 0.25) is 5.91 Å². The number of hydrogen-bond donors (Lipinski definition) is 1. The van der Waals surface area contributed by atoms with Gasteiger partial charge in [-0.15, -0.1) is 0 Å². The number of aromatic nitrogens is 1. The van der Waals surface area contributed by atoms with Crippen molar-refractivity contribution in [2.75, 3.05) is 37.6 Å². The minimum Gasteiger partial charge on any atom is -0.353 e. The Morgan fingerprint density at radius 2 is 1.82 bits per heavy atom. The number of carbonyl (C=O) groups excluding carboxylic acids is 3. The molecule has 1 saturated carbocycles. The number of rotatable bonds is 5. The van der Waals surface area contributed by atoms with Gasteiger partial charge in [0.15, 0.2) is 5.78 Å². The van der Waals surface area contributed by atoms with Gasteiger partial charge in [0, 0.05) is 37.9 Å². The van der Waals surface area contributed by atoms with Crippen LogP contribution in [-0.2, 0) is 15.0 Å². The maximum absolute atomic E-state index is 13.1. The number of carbonyl (C=O) groups is 3. The molecule has 3 aliphatic rings. The lowest BCUT2D eigenvalue weighted by Crippen LogP contribution is -2.49. The standard InChI is InChI=1S/C26H30N4O3/c1-3-26(22(31)16-28-25(26)33)21-8-6-19(7-9-21)24(32)30-12-10-29(11-13-30)23-17(2)14-20(15-27-23)18-4-5-18/h6-9,14-15,18H,3-5,10-13,16H2,1-2H3,(H,28,33). The predicted octanol–water partition coefficient (Wildman–Crippen LogP) is 2.58. The first-order valence-electron chi connectivity index (χ1n) is 11.9. The summed E-state index contributed by atoms with van der Waals surface area (Å²) in [5, 5.41) is 2.66. The molecule has 33 heavy (non-hydrogen) atoms. The third kappa shape index (κ3) is 3.69. The zero-order valence-electron chi connectivity index (χ0n) is 19.3. The lowest BCUT2D eigenvalue weighted by atomic mass is 9.75. The second-order valence-corrected chi connectivity index (χ2v) is 9.40. The molecule has 1 atom stereocenters. The maximum Gasteiger partial charge on any atom is 0.253 e. The highest BCUT2D eigenvalue weighted by Gasteiger charge is 2.49. The number of hydrogen-bond acceptors (Lipinski definition) is 5. The van der Waals surface area contributed by atoms with E-state index in [0.29, 0.717) is 36.6 Å². The fourth-order valence-corrected chi connectivity index (χ4v) is 5.20. The van der Waals surface area contributed by atoms with E-state index < -0.39 is 5.41 Å². The van der Waals surface area contributed by atoms with Crippen LogP contribution in [0.3, 0.4) is 0 Å². The van der Waals surface area contributed by atoms with Crippen molar-refractivity contribution < 1.29 is 14.4 Å². The van der Waals surface area contributed by atoms with E-state index in [4.69, 9.17) is 4.98 Å². The molecule has 2 aromatic rings. The summed E-state index contributed by atoms with van der Waals surface area (Å²) < 4.78 is 0. The van der Waals surface area contributed by atoms with E-state index >= 15 is 0 Å². The minimum atomic E-state index is -1.13. The molecule has 1 aliphatic carbocycles. The van der Waals surface area contributed by atoms with E-state index in [0.717, 1.165) is 18.9 Å². The van der Waals surface area contributed by atoms with E-state index in [2.05, 4.69) is 23.2 Å². The highest BCUT2D eigenvalue weighted by atomic mass is 16.2. The Morgan fingerprint density at radius 1 is 1.12 bits per heavy atom. The Kier molecular flexibility index (Phi) is 5.43. The summed E-state index contributed by atoms with van der Waals surface area (Å²) in [5.41, 5.74) is 2.64. The van der Waals surface area contributed by atoms with Crippen LogP contribution in [0.25, 0.3) is 0 Å². The van der Waals surface area contributed by atoms with Crippen LogP contribution < -0.4 is 10.2 Å². The fraction of sp³-hybridized carbons (Fsp3) is 0.462. The van der Waals surface area contributed by atoms with Gasteiger partial charge in [-0.3, -0.25) is 14.4 Å². The normalized spacial score (nSPS) is 23.1. The van der Waals surface area contributed by atoms with Crippen molar-refractivity contribution in [1.82, 2.24) is 15.2 Å². The monoisotopic (exact) mass is 446 g/mol. The molecule has 0 bridgehead atoms. The molecular formula is C26H30N4O3. The highest BCUT2D eigenvalue weighted by molar-refractivity contribution is 6.17. The zero-order chi connectivity index (χ0) is 23.2. The van der Waals surface area contributed by atoms with E-state index in [9.17, 15) is 14.4 Å². The number of ketones is 1. The Morgan fingerprint density at radius 3 is 2.36 bits per heavy atom. The fourth-order valence-electron chi connectivity index (χ4n) is 5.20. The van der Waals surface area contributed by atoms with Crippen LogP contribution in [0.15, 0.2) is 36.5 Å². The molecule has 3 fully saturated rings. The number of amides is 2. The lowest BCUT2D eigenvalue weighted by Gasteiger charge is -2.36. The molecule has 2 aliphatic heterocycles. The largest absolute Gasteiger partial charge is 0.353 e. The Bertz CT molecular complexity index is 1080. The Labute approximate surface area is 194 Å². The van der Waals surface area contributed by atoms with E-state index in [1.165, 1.54) is 24.0 Å². The summed E-state index contributed by atoms with van der Waals surface area (Å²) in [6, 6.07) is 9.25. The lowest BCUT2D eigenvalue weighted by molar-refractivity contribution is -0.130. The summed E-state index contributed by atoms with van der Waals surface area (Å²) in [6.07, 6.45) is 4.95. The van der Waals surface area contributed by atoms with Crippen LogP contribution in [-0.4, -0.2) is 60.2 Å². The van der Waals surface area contributed by atoms with Crippen molar-refractivity contribution in [3.8, 4) is 0 Å². The van der Waals surface area contributed by atoms with Crippen molar-refractivity contribution in [2.24, 2.45) is 0 Å². The minimum absolute atomic E-state index is 0.0253. The number of Topliss-reactive ketones (excluding diaryl/α,β-unsaturated/α-hetero) is 1. The van der Waals surface area contributed by atoms with Crippen LogP contribution in [0.5, 0.6) is 0 Å². The molecule has 1 aromatic heterocycles. The number of anilines is 1.